The zero-order valence-electron chi connectivity index (χ0n) is 24.1. The number of fused-ring (bicyclic) bond motifs is 5. The lowest BCUT2D eigenvalue weighted by Gasteiger charge is -2.67. The molecule has 0 amide bonds. The molecule has 0 aromatic heterocycles. The fourth-order valence-corrected chi connectivity index (χ4v) is 10.8. The van der Waals surface area contributed by atoms with Crippen LogP contribution >= 0.6 is 0 Å². The number of rotatable bonds is 3. The molecule has 6 nitrogen and oxygen atoms in total. The summed E-state index contributed by atoms with van der Waals surface area (Å²) in [5.74, 6) is 1.65. The van der Waals surface area contributed by atoms with E-state index in [2.05, 4.69) is 35.6 Å². The van der Waals surface area contributed by atoms with E-state index in [0.29, 0.717) is 23.8 Å². The number of piperazine rings is 1. The van der Waals surface area contributed by atoms with Crippen molar-refractivity contribution in [2.24, 2.45) is 28.6 Å². The Morgan fingerprint density at radius 3 is 2.24 bits per heavy atom. The summed E-state index contributed by atoms with van der Waals surface area (Å²) in [6.07, 6.45) is 13.1. The van der Waals surface area contributed by atoms with Gasteiger partial charge in [-0.2, -0.15) is 0 Å². The molecular formula is C31H53N3O3. The summed E-state index contributed by atoms with van der Waals surface area (Å²) < 4.78 is 6.30. The number of ether oxygens (including phenoxy) is 1. The van der Waals surface area contributed by atoms with Crippen molar-refractivity contribution in [2.75, 3.05) is 46.3 Å². The van der Waals surface area contributed by atoms with Gasteiger partial charge >= 0.3 is 5.97 Å². The van der Waals surface area contributed by atoms with Crippen LogP contribution < -0.4 is 0 Å². The normalized spacial score (nSPS) is 49.6. The van der Waals surface area contributed by atoms with Gasteiger partial charge < -0.3 is 14.7 Å². The summed E-state index contributed by atoms with van der Waals surface area (Å²) in [6, 6.07) is 0.622. The molecule has 37 heavy (non-hydrogen) atoms. The fraction of sp³-hybridized carbons (Fsp3) is 0.968. The van der Waals surface area contributed by atoms with Gasteiger partial charge in [-0.25, -0.2) is 0 Å². The molecule has 4 saturated carbocycles. The van der Waals surface area contributed by atoms with Gasteiger partial charge in [-0.15, -0.1) is 0 Å². The number of hydrogen-bond donors (Lipinski definition) is 1. The second kappa shape index (κ2) is 9.74. The Labute approximate surface area is 225 Å². The summed E-state index contributed by atoms with van der Waals surface area (Å²) >= 11 is 0. The third-order valence-corrected chi connectivity index (χ3v) is 12.9. The van der Waals surface area contributed by atoms with Crippen molar-refractivity contribution in [1.29, 1.82) is 0 Å². The molecule has 210 valence electrons. The largest absolute Gasteiger partial charge is 0.460 e. The van der Waals surface area contributed by atoms with E-state index < -0.39 is 5.60 Å². The summed E-state index contributed by atoms with van der Waals surface area (Å²) in [6.45, 7) is 13.2. The Bertz CT molecular complexity index is 855. The van der Waals surface area contributed by atoms with Crippen LogP contribution in [0.1, 0.15) is 91.4 Å². The van der Waals surface area contributed by atoms with Crippen molar-refractivity contribution in [1.82, 2.24) is 14.7 Å². The van der Waals surface area contributed by atoms with E-state index in [0.717, 1.165) is 65.0 Å². The SMILES string of the molecule is CC(=O)O[C@H]1[C@@H](N2CCN(C)CC2)C[C@H]2[C@@H]3C[C@@H](N4CCCCC4)[C@@]4(O)CCCC[C@]4(C)[C@H]3CC[C@@]21C. The van der Waals surface area contributed by atoms with Crippen molar-refractivity contribution in [2.45, 2.75) is 115 Å². The number of likely N-dealkylation sites (N-methyl/N-ethyl adjacent to an activating group) is 1. The number of carbonyl (C=O) groups excluding carboxylic acids is 1. The van der Waals surface area contributed by atoms with Crippen molar-refractivity contribution >= 4 is 5.97 Å². The Hall–Kier alpha value is -0.690. The number of aliphatic hydroxyl groups is 1. The van der Waals surface area contributed by atoms with Gasteiger partial charge in [0.25, 0.3) is 0 Å². The molecule has 0 radical (unpaired) electrons. The van der Waals surface area contributed by atoms with E-state index in [1.807, 2.05) is 0 Å². The average molecular weight is 516 g/mol. The van der Waals surface area contributed by atoms with Gasteiger partial charge in [0.1, 0.15) is 6.10 Å². The lowest BCUT2D eigenvalue weighted by molar-refractivity contribution is -0.241. The van der Waals surface area contributed by atoms with E-state index in [4.69, 9.17) is 4.74 Å². The van der Waals surface area contributed by atoms with Crippen LogP contribution in [0.5, 0.6) is 0 Å². The number of piperidine rings is 1. The third-order valence-electron chi connectivity index (χ3n) is 12.9. The van der Waals surface area contributed by atoms with E-state index in [9.17, 15) is 9.90 Å². The van der Waals surface area contributed by atoms with Gasteiger partial charge in [0.15, 0.2) is 0 Å². The Balaban J connectivity index is 1.35. The molecule has 6 heteroatoms. The maximum atomic E-state index is 12.6. The molecule has 0 aromatic carbocycles. The molecule has 0 aromatic rings. The van der Waals surface area contributed by atoms with Gasteiger partial charge in [-0.1, -0.05) is 33.1 Å². The maximum Gasteiger partial charge on any atom is 0.302 e. The predicted molar refractivity (Wildman–Crippen MR) is 146 cm³/mol. The highest BCUT2D eigenvalue weighted by atomic mass is 16.5. The Kier molecular flexibility index (Phi) is 6.99. The molecule has 9 atom stereocenters. The molecule has 1 N–H and O–H groups in total. The van der Waals surface area contributed by atoms with E-state index in [1.165, 1.54) is 44.9 Å². The topological polar surface area (TPSA) is 56.2 Å². The summed E-state index contributed by atoms with van der Waals surface area (Å²) in [5, 5.41) is 12.6. The van der Waals surface area contributed by atoms with Crippen LogP contribution in [0, 0.1) is 28.6 Å². The monoisotopic (exact) mass is 515 g/mol. The number of hydrogen-bond acceptors (Lipinski definition) is 6. The average Bonchev–Trinajstić information content (AvgIpc) is 3.17. The summed E-state index contributed by atoms with van der Waals surface area (Å²) in [4.78, 5) is 20.2. The van der Waals surface area contributed by atoms with Gasteiger partial charge in [-0.05, 0) is 89.3 Å². The quantitative estimate of drug-likeness (QED) is 0.570. The number of likely N-dealkylation sites (tertiary alicyclic amines) is 1. The Morgan fingerprint density at radius 2 is 1.54 bits per heavy atom. The van der Waals surface area contributed by atoms with Gasteiger partial charge in [-0.3, -0.25) is 14.6 Å². The molecule has 2 heterocycles. The minimum atomic E-state index is -0.553. The smallest absolute Gasteiger partial charge is 0.302 e. The maximum absolute atomic E-state index is 12.6. The first-order chi connectivity index (χ1) is 17.7. The molecule has 0 unspecified atom stereocenters. The summed E-state index contributed by atoms with van der Waals surface area (Å²) in [7, 11) is 2.22. The molecule has 6 aliphatic rings. The highest BCUT2D eigenvalue weighted by Crippen LogP contribution is 2.68. The molecule has 2 saturated heterocycles. The van der Waals surface area contributed by atoms with E-state index in [-0.39, 0.29) is 28.9 Å². The van der Waals surface area contributed by atoms with Crippen molar-refractivity contribution in [3.63, 3.8) is 0 Å². The van der Waals surface area contributed by atoms with Crippen LogP contribution in [0.15, 0.2) is 0 Å². The molecular weight excluding hydrogens is 462 g/mol. The van der Waals surface area contributed by atoms with Gasteiger partial charge in [0.2, 0.25) is 0 Å². The van der Waals surface area contributed by atoms with Crippen LogP contribution in [-0.4, -0.2) is 95.9 Å². The first kappa shape index (κ1) is 26.5. The lowest BCUT2D eigenvalue weighted by Crippen LogP contribution is -2.71. The van der Waals surface area contributed by atoms with E-state index in [1.54, 1.807) is 6.92 Å². The highest BCUT2D eigenvalue weighted by Gasteiger charge is 2.69. The Morgan fingerprint density at radius 1 is 0.838 bits per heavy atom. The van der Waals surface area contributed by atoms with Gasteiger partial charge in [0, 0.05) is 56.0 Å². The molecule has 4 aliphatic carbocycles. The fourth-order valence-electron chi connectivity index (χ4n) is 10.8. The molecule has 0 spiro atoms. The minimum absolute atomic E-state index is 0.000459. The van der Waals surface area contributed by atoms with Crippen molar-refractivity contribution in [3.8, 4) is 0 Å². The highest BCUT2D eigenvalue weighted by molar-refractivity contribution is 5.66. The lowest BCUT2D eigenvalue weighted by atomic mass is 9.42. The van der Waals surface area contributed by atoms with Crippen LogP contribution in [0.25, 0.3) is 0 Å². The standard InChI is InChI=1S/C31H53N3O3/c1-22(35)37-28-26(33-18-16-32(4)17-19-33)21-25-23-20-27(34-14-8-5-9-15-34)31(36)12-7-6-11-30(31,3)24(23)10-13-29(25,28)2/h23-28,36H,5-21H2,1-4H3/t23-,24+,25+,26+,27-,28+,29+,30-,31+/m1/s1. The van der Waals surface area contributed by atoms with E-state index >= 15 is 0 Å². The number of carbonyl (C=O) groups is 1. The molecule has 6 fully saturated rings. The minimum Gasteiger partial charge on any atom is -0.460 e. The van der Waals surface area contributed by atoms with Gasteiger partial charge in [0.05, 0.1) is 5.60 Å². The molecule has 0 bridgehead atoms. The summed E-state index contributed by atoms with van der Waals surface area (Å²) in [5.41, 5.74) is -0.517. The molecule has 2 aliphatic heterocycles. The van der Waals surface area contributed by atoms with Crippen LogP contribution in [0.3, 0.4) is 0 Å². The first-order valence-electron chi connectivity index (χ1n) is 15.7. The number of esters is 1. The second-order valence-electron chi connectivity index (χ2n) is 14.5. The van der Waals surface area contributed by atoms with Crippen molar-refractivity contribution in [3.05, 3.63) is 0 Å². The zero-order valence-corrected chi connectivity index (χ0v) is 24.1. The van der Waals surface area contributed by atoms with Crippen LogP contribution in [0.4, 0.5) is 0 Å². The van der Waals surface area contributed by atoms with Crippen molar-refractivity contribution < 1.29 is 14.6 Å². The zero-order chi connectivity index (χ0) is 26.0. The number of nitrogens with zero attached hydrogens (tertiary/aromatic N) is 3. The van der Waals surface area contributed by atoms with Crippen LogP contribution in [0.2, 0.25) is 0 Å². The first-order valence-corrected chi connectivity index (χ1v) is 15.7. The second-order valence-corrected chi connectivity index (χ2v) is 14.5. The molecule has 6 rings (SSSR count). The third kappa shape index (κ3) is 4.14. The predicted octanol–water partition coefficient (Wildman–Crippen LogP) is 4.16. The van der Waals surface area contributed by atoms with Crippen LogP contribution in [-0.2, 0) is 9.53 Å².